The first-order chi connectivity index (χ1) is 8.06. The average molecular weight is 240 g/mol. The highest BCUT2D eigenvalue weighted by Gasteiger charge is 2.09. The maximum Gasteiger partial charge on any atom is 0.00672 e. The highest BCUT2D eigenvalue weighted by atomic mass is 14.9. The van der Waals surface area contributed by atoms with Crippen molar-refractivity contribution in [3.8, 4) is 0 Å². The van der Waals surface area contributed by atoms with E-state index >= 15 is 0 Å². The van der Waals surface area contributed by atoms with Crippen LogP contribution in [-0.4, -0.2) is 12.6 Å². The molecule has 0 fully saturated rings. The normalized spacial score (nSPS) is 12.0. The minimum atomic E-state index is 0.740. The van der Waals surface area contributed by atoms with Crippen LogP contribution < -0.4 is 5.32 Å². The summed E-state index contributed by atoms with van der Waals surface area (Å²) in [6.45, 7) is 14.4. The molecule has 0 aromatic rings. The van der Waals surface area contributed by atoms with E-state index in [9.17, 15) is 0 Å². The Morgan fingerprint density at radius 1 is 0.824 bits per heavy atom. The smallest absolute Gasteiger partial charge is 0.00672 e. The molecule has 0 rings (SSSR count). The first-order valence-electron chi connectivity index (χ1n) is 7.58. The average Bonchev–Trinajstić information content (AvgIpc) is 2.26. The second-order valence-corrected chi connectivity index (χ2v) is 6.15. The van der Waals surface area contributed by atoms with Crippen molar-refractivity contribution in [1.82, 2.24) is 5.32 Å². The second-order valence-electron chi connectivity index (χ2n) is 6.15. The maximum absolute atomic E-state index is 3.89. The van der Waals surface area contributed by atoms with Gasteiger partial charge >= 0.3 is 0 Å². The van der Waals surface area contributed by atoms with Gasteiger partial charge in [0.2, 0.25) is 0 Å². The van der Waals surface area contributed by atoms with Crippen molar-refractivity contribution in [2.24, 2.45) is 11.8 Å². The zero-order chi connectivity index (χ0) is 13.1. The van der Waals surface area contributed by atoms with Gasteiger partial charge in [0.15, 0.2) is 0 Å². The molecule has 0 spiro atoms. The number of hydrogen-bond donors (Lipinski definition) is 1. The number of nitrogens with one attached hydrogen (secondary N) is 1. The van der Waals surface area contributed by atoms with Gasteiger partial charge in [-0.15, -0.1) is 0 Å². The van der Waals surface area contributed by atoms with Crippen molar-refractivity contribution in [2.75, 3.05) is 6.54 Å². The summed E-state index contributed by atoms with van der Waals surface area (Å²) in [4.78, 5) is 0. The van der Waals surface area contributed by atoms with Crippen LogP contribution in [0.25, 0.3) is 0 Å². The van der Waals surface area contributed by atoms with Gasteiger partial charge in [-0.2, -0.15) is 0 Å². The molecule has 0 bridgehead atoms. The van der Waals surface area contributed by atoms with E-state index in [2.05, 4.69) is 39.9 Å². The molecule has 1 nitrogen and oxygen atoms in total. The molecule has 0 heterocycles. The van der Waals surface area contributed by atoms with E-state index in [1.807, 2.05) is 0 Å². The van der Waals surface area contributed by atoms with Crippen LogP contribution in [0.15, 0.2) is 0 Å². The molecule has 0 aliphatic carbocycles. The summed E-state index contributed by atoms with van der Waals surface area (Å²) < 4.78 is 0. The Balaban J connectivity index is 3.75. The van der Waals surface area contributed by atoms with Crippen molar-refractivity contribution >= 4 is 0 Å². The molecule has 0 atom stereocenters. The first kappa shape index (κ1) is 17.0. The lowest BCUT2D eigenvalue weighted by Crippen LogP contribution is -2.30. The van der Waals surface area contributed by atoms with E-state index in [1.165, 1.54) is 45.1 Å². The third kappa shape index (κ3) is 12.2. The van der Waals surface area contributed by atoms with Crippen LogP contribution in [0.3, 0.4) is 0 Å². The number of rotatable bonds is 11. The van der Waals surface area contributed by atoms with Crippen molar-refractivity contribution in [3.05, 3.63) is 6.92 Å². The van der Waals surface area contributed by atoms with Crippen molar-refractivity contribution in [2.45, 2.75) is 78.7 Å². The van der Waals surface area contributed by atoms with Crippen LogP contribution in [0.1, 0.15) is 72.6 Å². The van der Waals surface area contributed by atoms with Gasteiger partial charge in [0.1, 0.15) is 0 Å². The summed E-state index contributed by atoms with van der Waals surface area (Å²) in [5.41, 5.74) is 0. The standard InChI is InChI=1S/C16H34N/c1-6-7-8-13-17-16(11-9-14(2)3)12-10-15(4)5/h14-17H,1,6-13H2,2-5H3. The fraction of sp³-hybridized carbons (Fsp3) is 0.938. The molecule has 103 valence electrons. The topological polar surface area (TPSA) is 12.0 Å². The summed E-state index contributed by atoms with van der Waals surface area (Å²) in [7, 11) is 0. The van der Waals surface area contributed by atoms with Crippen LogP contribution in [0, 0.1) is 18.8 Å². The Hall–Kier alpha value is -0.0400. The Bertz CT molecular complexity index is 140. The van der Waals surface area contributed by atoms with Crippen molar-refractivity contribution in [1.29, 1.82) is 0 Å². The van der Waals surface area contributed by atoms with E-state index in [0.29, 0.717) is 0 Å². The predicted molar refractivity (Wildman–Crippen MR) is 79.1 cm³/mol. The highest BCUT2D eigenvalue weighted by Crippen LogP contribution is 2.14. The molecule has 17 heavy (non-hydrogen) atoms. The third-order valence-electron chi connectivity index (χ3n) is 3.29. The molecule has 1 heteroatoms. The second kappa shape index (κ2) is 11.1. The van der Waals surface area contributed by atoms with Crippen LogP contribution in [0.4, 0.5) is 0 Å². The number of hydrogen-bond acceptors (Lipinski definition) is 1. The minimum absolute atomic E-state index is 0.740. The number of unbranched alkanes of at least 4 members (excludes halogenated alkanes) is 2. The van der Waals surface area contributed by atoms with Crippen LogP contribution in [0.5, 0.6) is 0 Å². The lowest BCUT2D eigenvalue weighted by Gasteiger charge is -2.20. The predicted octanol–water partition coefficient (Wildman–Crippen LogP) is 4.82. The molecular weight excluding hydrogens is 206 g/mol. The summed E-state index contributed by atoms with van der Waals surface area (Å²) in [5.74, 6) is 1.66. The Labute approximate surface area is 110 Å². The van der Waals surface area contributed by atoms with E-state index < -0.39 is 0 Å². The summed E-state index contributed by atoms with van der Waals surface area (Å²) in [6.07, 6.45) is 9.00. The molecule has 0 aliphatic heterocycles. The van der Waals surface area contributed by atoms with Crippen molar-refractivity contribution < 1.29 is 0 Å². The van der Waals surface area contributed by atoms with Gasteiger partial charge in [-0.1, -0.05) is 47.5 Å². The molecule has 0 aliphatic rings. The molecule has 0 amide bonds. The molecular formula is C16H34N. The van der Waals surface area contributed by atoms with Crippen molar-refractivity contribution in [3.63, 3.8) is 0 Å². The molecule has 0 saturated heterocycles. The fourth-order valence-corrected chi connectivity index (χ4v) is 2.03. The fourth-order valence-electron chi connectivity index (χ4n) is 2.03. The summed E-state index contributed by atoms with van der Waals surface area (Å²) >= 11 is 0. The third-order valence-corrected chi connectivity index (χ3v) is 3.29. The Morgan fingerprint density at radius 2 is 1.35 bits per heavy atom. The SMILES string of the molecule is [CH2]CCCCNC(CCC(C)C)CCC(C)C. The Kier molecular flexibility index (Phi) is 11.0. The quantitative estimate of drug-likeness (QED) is 0.510. The first-order valence-corrected chi connectivity index (χ1v) is 7.58. The van der Waals surface area contributed by atoms with Gasteiger partial charge in [-0.25, -0.2) is 0 Å². The Morgan fingerprint density at radius 3 is 1.76 bits per heavy atom. The van der Waals surface area contributed by atoms with Gasteiger partial charge in [-0.3, -0.25) is 0 Å². The monoisotopic (exact) mass is 240 g/mol. The molecule has 0 aromatic carbocycles. The van der Waals surface area contributed by atoms with E-state index in [-0.39, 0.29) is 0 Å². The molecule has 0 aromatic heterocycles. The van der Waals surface area contributed by atoms with E-state index in [1.54, 1.807) is 0 Å². The zero-order valence-electron chi connectivity index (χ0n) is 12.6. The summed E-state index contributed by atoms with van der Waals surface area (Å²) in [6, 6.07) is 0.740. The minimum Gasteiger partial charge on any atom is -0.314 e. The lowest BCUT2D eigenvalue weighted by atomic mass is 9.97. The zero-order valence-corrected chi connectivity index (χ0v) is 12.6. The maximum atomic E-state index is 3.89. The van der Waals surface area contributed by atoms with Gasteiger partial charge in [0.25, 0.3) is 0 Å². The van der Waals surface area contributed by atoms with E-state index in [4.69, 9.17) is 0 Å². The van der Waals surface area contributed by atoms with Crippen LogP contribution in [-0.2, 0) is 0 Å². The van der Waals surface area contributed by atoms with Crippen LogP contribution >= 0.6 is 0 Å². The molecule has 1 radical (unpaired) electrons. The largest absolute Gasteiger partial charge is 0.314 e. The molecule has 0 unspecified atom stereocenters. The van der Waals surface area contributed by atoms with Gasteiger partial charge < -0.3 is 5.32 Å². The molecule has 0 saturated carbocycles. The van der Waals surface area contributed by atoms with Crippen LogP contribution in [0.2, 0.25) is 0 Å². The molecule has 1 N–H and O–H groups in total. The lowest BCUT2D eigenvalue weighted by molar-refractivity contribution is 0.379. The van der Waals surface area contributed by atoms with Gasteiger partial charge in [0, 0.05) is 6.04 Å². The van der Waals surface area contributed by atoms with Gasteiger partial charge in [0.05, 0.1) is 0 Å². The summed E-state index contributed by atoms with van der Waals surface area (Å²) in [5, 5.41) is 3.74. The van der Waals surface area contributed by atoms with Gasteiger partial charge in [-0.05, 0) is 50.5 Å². The highest BCUT2D eigenvalue weighted by molar-refractivity contribution is 4.69. The van der Waals surface area contributed by atoms with E-state index in [0.717, 1.165) is 24.3 Å².